The Morgan fingerprint density at radius 2 is 2.31 bits per heavy atom. The standard InChI is InChI=1S/C19H25N3O2S2/c1-11-8-26-19-21-15(7-18(24)22(11)19)9-25-10-17(23)20-12(2)16-6-13-3-4-14(16)5-13/h7-8,12-14,16H,3-6,9-10H2,1-2H3,(H,20,23). The van der Waals surface area contributed by atoms with E-state index in [1.54, 1.807) is 10.5 Å². The van der Waals surface area contributed by atoms with Crippen LogP contribution in [0.3, 0.4) is 0 Å². The summed E-state index contributed by atoms with van der Waals surface area (Å²) in [6.07, 6.45) is 5.38. The van der Waals surface area contributed by atoms with Crippen LogP contribution in [0.5, 0.6) is 0 Å². The fraction of sp³-hybridized carbons (Fsp3) is 0.632. The molecule has 4 unspecified atom stereocenters. The van der Waals surface area contributed by atoms with Crippen molar-refractivity contribution in [3.63, 3.8) is 0 Å². The van der Waals surface area contributed by atoms with E-state index in [-0.39, 0.29) is 17.5 Å². The summed E-state index contributed by atoms with van der Waals surface area (Å²) in [5.74, 6) is 3.47. The van der Waals surface area contributed by atoms with E-state index in [1.165, 1.54) is 48.8 Å². The Kier molecular flexibility index (Phi) is 5.10. The van der Waals surface area contributed by atoms with E-state index in [2.05, 4.69) is 17.2 Å². The Bertz CT molecular complexity index is 875. The van der Waals surface area contributed by atoms with Crippen LogP contribution in [0.15, 0.2) is 16.2 Å². The Hall–Kier alpha value is -1.34. The number of nitrogens with one attached hydrogen (secondary N) is 1. The van der Waals surface area contributed by atoms with Gasteiger partial charge in [-0.05, 0) is 50.9 Å². The van der Waals surface area contributed by atoms with Crippen molar-refractivity contribution < 1.29 is 4.79 Å². The second-order valence-corrected chi connectivity index (χ2v) is 9.59. The zero-order valence-electron chi connectivity index (χ0n) is 15.2. The SMILES string of the molecule is Cc1csc2nc(CSCC(=O)NC(C)C3CC4CCC3C4)cc(=O)n12. The number of carbonyl (C=O) groups is 1. The highest BCUT2D eigenvalue weighted by Gasteiger charge is 2.42. The number of thioether (sulfide) groups is 1. The predicted molar refractivity (Wildman–Crippen MR) is 107 cm³/mol. The van der Waals surface area contributed by atoms with Gasteiger partial charge in [0.1, 0.15) is 0 Å². The molecule has 5 nitrogen and oxygen atoms in total. The van der Waals surface area contributed by atoms with E-state index < -0.39 is 0 Å². The largest absolute Gasteiger partial charge is 0.353 e. The molecule has 2 fully saturated rings. The van der Waals surface area contributed by atoms with E-state index in [9.17, 15) is 9.59 Å². The van der Waals surface area contributed by atoms with Crippen LogP contribution in [0.2, 0.25) is 0 Å². The van der Waals surface area contributed by atoms with Gasteiger partial charge in [-0.2, -0.15) is 0 Å². The molecule has 2 saturated carbocycles. The molecule has 4 rings (SSSR count). The first-order valence-electron chi connectivity index (χ1n) is 9.35. The maximum absolute atomic E-state index is 12.3. The van der Waals surface area contributed by atoms with Gasteiger partial charge in [0.05, 0.1) is 11.4 Å². The van der Waals surface area contributed by atoms with Crippen molar-refractivity contribution in [3.8, 4) is 0 Å². The summed E-state index contributed by atoms with van der Waals surface area (Å²) >= 11 is 2.99. The molecule has 7 heteroatoms. The number of rotatable bonds is 6. The lowest BCUT2D eigenvalue weighted by molar-refractivity contribution is -0.119. The monoisotopic (exact) mass is 391 g/mol. The average Bonchev–Trinajstić information content (AvgIpc) is 3.30. The molecule has 2 aliphatic rings. The highest BCUT2D eigenvalue weighted by atomic mass is 32.2. The van der Waals surface area contributed by atoms with Crippen molar-refractivity contribution >= 4 is 34.0 Å². The lowest BCUT2D eigenvalue weighted by atomic mass is 9.84. The molecule has 2 bridgehead atoms. The summed E-state index contributed by atoms with van der Waals surface area (Å²) < 4.78 is 1.63. The van der Waals surface area contributed by atoms with Crippen LogP contribution in [-0.4, -0.2) is 27.1 Å². The van der Waals surface area contributed by atoms with E-state index in [4.69, 9.17) is 0 Å². The normalized spacial score (nSPS) is 25.7. The highest BCUT2D eigenvalue weighted by Crippen LogP contribution is 2.49. The molecule has 1 amide bonds. The van der Waals surface area contributed by atoms with Crippen molar-refractivity contribution in [3.05, 3.63) is 33.2 Å². The molecule has 2 aromatic heterocycles. The molecule has 0 aromatic carbocycles. The second kappa shape index (κ2) is 7.35. The highest BCUT2D eigenvalue weighted by molar-refractivity contribution is 7.99. The molecule has 2 aromatic rings. The van der Waals surface area contributed by atoms with Crippen molar-refractivity contribution in [2.45, 2.75) is 51.3 Å². The van der Waals surface area contributed by atoms with Crippen LogP contribution in [-0.2, 0) is 10.5 Å². The molecule has 2 aliphatic carbocycles. The summed E-state index contributed by atoms with van der Waals surface area (Å²) in [6.45, 7) is 4.06. The molecule has 0 spiro atoms. The predicted octanol–water partition coefficient (Wildman–Crippen LogP) is 3.24. The molecule has 0 saturated heterocycles. The lowest BCUT2D eigenvalue weighted by Gasteiger charge is -2.28. The van der Waals surface area contributed by atoms with Gasteiger partial charge in [-0.3, -0.25) is 14.0 Å². The second-order valence-electron chi connectivity index (χ2n) is 7.77. The molecule has 4 atom stereocenters. The molecule has 1 N–H and O–H groups in total. The van der Waals surface area contributed by atoms with Gasteiger partial charge >= 0.3 is 0 Å². The molecule has 0 radical (unpaired) electrons. The number of carbonyl (C=O) groups excluding carboxylic acids is 1. The van der Waals surface area contributed by atoms with E-state index >= 15 is 0 Å². The minimum atomic E-state index is -0.0429. The van der Waals surface area contributed by atoms with E-state index in [0.717, 1.165) is 28.2 Å². The van der Waals surface area contributed by atoms with Gasteiger partial charge in [0.15, 0.2) is 4.96 Å². The number of fused-ring (bicyclic) bond motifs is 3. The van der Waals surface area contributed by atoms with Crippen molar-refractivity contribution in [2.75, 3.05) is 5.75 Å². The molecular formula is C19H25N3O2S2. The number of nitrogens with zero attached hydrogens (tertiary/aromatic N) is 2. The van der Waals surface area contributed by atoms with Crippen LogP contribution in [0.1, 0.15) is 44.0 Å². The Balaban J connectivity index is 1.28. The zero-order chi connectivity index (χ0) is 18.3. The van der Waals surface area contributed by atoms with Crippen molar-refractivity contribution in [1.82, 2.24) is 14.7 Å². The summed E-state index contributed by atoms with van der Waals surface area (Å²) in [7, 11) is 0. The Labute approximate surface area is 161 Å². The van der Waals surface area contributed by atoms with Gasteiger partial charge in [-0.1, -0.05) is 6.42 Å². The number of amides is 1. The van der Waals surface area contributed by atoms with Crippen molar-refractivity contribution in [2.24, 2.45) is 17.8 Å². The molecule has 0 aliphatic heterocycles. The zero-order valence-corrected chi connectivity index (χ0v) is 16.9. The molecule has 140 valence electrons. The van der Waals surface area contributed by atoms with Gasteiger partial charge in [0.2, 0.25) is 5.91 Å². The topological polar surface area (TPSA) is 63.5 Å². The first-order valence-corrected chi connectivity index (χ1v) is 11.4. The fourth-order valence-corrected chi connectivity index (χ4v) is 6.35. The van der Waals surface area contributed by atoms with E-state index in [0.29, 0.717) is 17.4 Å². The third kappa shape index (κ3) is 3.56. The average molecular weight is 392 g/mol. The van der Waals surface area contributed by atoms with Gasteiger partial charge in [-0.15, -0.1) is 23.1 Å². The smallest absolute Gasteiger partial charge is 0.258 e. The third-order valence-electron chi connectivity index (χ3n) is 5.94. The summed E-state index contributed by atoms with van der Waals surface area (Å²) in [5, 5.41) is 5.13. The van der Waals surface area contributed by atoms with Crippen molar-refractivity contribution in [1.29, 1.82) is 0 Å². The summed E-state index contributed by atoms with van der Waals surface area (Å²) in [5.41, 5.74) is 1.62. The number of hydrogen-bond acceptors (Lipinski definition) is 5. The maximum Gasteiger partial charge on any atom is 0.258 e. The maximum atomic E-state index is 12.3. The summed E-state index contributed by atoms with van der Waals surface area (Å²) in [4.78, 5) is 29.7. The Morgan fingerprint density at radius 3 is 3.04 bits per heavy atom. The van der Waals surface area contributed by atoms with Crippen LogP contribution in [0, 0.1) is 24.7 Å². The van der Waals surface area contributed by atoms with E-state index in [1.807, 2.05) is 12.3 Å². The van der Waals surface area contributed by atoms with Crippen LogP contribution >= 0.6 is 23.1 Å². The van der Waals surface area contributed by atoms with Crippen LogP contribution < -0.4 is 10.9 Å². The number of thiazole rings is 1. The molecular weight excluding hydrogens is 366 g/mol. The molecule has 26 heavy (non-hydrogen) atoms. The fourth-order valence-electron chi connectivity index (χ4n) is 4.73. The number of aryl methyl sites for hydroxylation is 1. The first-order chi connectivity index (χ1) is 12.5. The van der Waals surface area contributed by atoms with Gasteiger partial charge in [0.25, 0.3) is 5.56 Å². The first kappa shape index (κ1) is 18.0. The van der Waals surface area contributed by atoms with Gasteiger partial charge in [0, 0.05) is 28.9 Å². The van der Waals surface area contributed by atoms with Gasteiger partial charge < -0.3 is 5.32 Å². The lowest BCUT2D eigenvalue weighted by Crippen LogP contribution is -2.40. The van der Waals surface area contributed by atoms with Crippen LogP contribution in [0.25, 0.3) is 4.96 Å². The minimum absolute atomic E-state index is 0.0429. The Morgan fingerprint density at radius 1 is 1.46 bits per heavy atom. The summed E-state index contributed by atoms with van der Waals surface area (Å²) in [6, 6.07) is 1.85. The number of aromatic nitrogens is 2. The minimum Gasteiger partial charge on any atom is -0.353 e. The quantitative estimate of drug-likeness (QED) is 0.821. The number of hydrogen-bond donors (Lipinski definition) is 1. The van der Waals surface area contributed by atoms with Crippen LogP contribution in [0.4, 0.5) is 0 Å². The molecule has 2 heterocycles. The third-order valence-corrected chi connectivity index (χ3v) is 7.85. The van der Waals surface area contributed by atoms with Gasteiger partial charge in [-0.25, -0.2) is 4.98 Å².